The van der Waals surface area contributed by atoms with E-state index in [1.54, 1.807) is 0 Å². The van der Waals surface area contributed by atoms with Gasteiger partial charge in [-0.2, -0.15) is 9.97 Å². The summed E-state index contributed by atoms with van der Waals surface area (Å²) < 4.78 is 2.24. The van der Waals surface area contributed by atoms with Crippen molar-refractivity contribution >= 4 is 43.7 Å². The Morgan fingerprint density at radius 3 is 1.35 bits per heavy atom. The monoisotopic (exact) mass is 624 g/mol. The molecule has 0 N–H and O–H groups in total. The van der Waals surface area contributed by atoms with Crippen LogP contribution in [0.5, 0.6) is 0 Å². The van der Waals surface area contributed by atoms with Crippen molar-refractivity contribution in [2.75, 3.05) is 0 Å². The lowest BCUT2D eigenvalue weighted by Crippen LogP contribution is -2.06. The Labute approximate surface area is 283 Å². The molecule has 0 aliphatic heterocycles. The molecule has 49 heavy (non-hydrogen) atoms. The first-order valence-electron chi connectivity index (χ1n) is 16.6. The minimum atomic E-state index is 0.593. The van der Waals surface area contributed by atoms with E-state index in [1.807, 2.05) is 36.4 Å². The number of aromatic nitrogens is 4. The maximum absolute atomic E-state index is 5.19. The number of benzene rings is 7. The van der Waals surface area contributed by atoms with Crippen LogP contribution in [0.1, 0.15) is 22.3 Å². The molecule has 0 saturated carbocycles. The molecule has 9 aromatic rings. The molecular formula is C45H28N4. The highest BCUT2D eigenvalue weighted by molar-refractivity contribution is 6.30. The predicted octanol–water partition coefficient (Wildman–Crippen LogP) is 10.8. The summed E-state index contributed by atoms with van der Waals surface area (Å²) in [5.74, 6) is 1.87. The molecule has 228 valence electrons. The Bertz CT molecular complexity index is 2670. The Kier molecular flexibility index (Phi) is 6.15. The number of hydrogen-bond acceptors (Lipinski definition) is 3. The number of rotatable bonds is 5. The van der Waals surface area contributed by atoms with Gasteiger partial charge in [0.15, 0.2) is 11.6 Å². The normalized spacial score (nSPS) is 12.4. The van der Waals surface area contributed by atoms with Crippen LogP contribution >= 0.6 is 0 Å². The van der Waals surface area contributed by atoms with E-state index in [1.165, 1.54) is 54.9 Å². The average Bonchev–Trinajstić information content (AvgIpc) is 3.46. The molecule has 0 unspecified atom stereocenters. The largest absolute Gasteiger partial charge is 0.278 e. The van der Waals surface area contributed by atoms with E-state index in [9.17, 15) is 0 Å². The molecule has 2 aromatic heterocycles. The van der Waals surface area contributed by atoms with E-state index in [4.69, 9.17) is 15.0 Å². The minimum absolute atomic E-state index is 0.593. The highest BCUT2D eigenvalue weighted by atomic mass is 15.2. The van der Waals surface area contributed by atoms with Gasteiger partial charge in [0, 0.05) is 21.9 Å². The van der Waals surface area contributed by atoms with Crippen LogP contribution in [-0.4, -0.2) is 19.5 Å². The molecule has 1 aliphatic rings. The lowest BCUT2D eigenvalue weighted by molar-refractivity contribution is 0.953. The van der Waals surface area contributed by atoms with E-state index < -0.39 is 0 Å². The third-order valence-electron chi connectivity index (χ3n) is 9.60. The fourth-order valence-corrected chi connectivity index (χ4v) is 7.53. The van der Waals surface area contributed by atoms with Crippen LogP contribution in [0.4, 0.5) is 0 Å². The zero-order chi connectivity index (χ0) is 32.3. The molecule has 0 bridgehead atoms. The van der Waals surface area contributed by atoms with Gasteiger partial charge in [-0.15, -0.1) is 0 Å². The second-order valence-corrected chi connectivity index (χ2v) is 12.4. The summed E-state index contributed by atoms with van der Waals surface area (Å²) in [6.45, 7) is 0. The summed E-state index contributed by atoms with van der Waals surface area (Å²) in [7, 11) is 0. The fourth-order valence-electron chi connectivity index (χ4n) is 7.53. The molecule has 2 heterocycles. The molecule has 10 rings (SSSR count). The van der Waals surface area contributed by atoms with Crippen molar-refractivity contribution in [1.29, 1.82) is 0 Å². The number of hydrogen-bond donors (Lipinski definition) is 0. The van der Waals surface area contributed by atoms with Gasteiger partial charge >= 0.3 is 0 Å². The van der Waals surface area contributed by atoms with E-state index >= 15 is 0 Å². The highest BCUT2D eigenvalue weighted by Gasteiger charge is 2.28. The van der Waals surface area contributed by atoms with Crippen LogP contribution < -0.4 is 0 Å². The molecule has 1 aliphatic carbocycles. The second kappa shape index (κ2) is 11.0. The van der Waals surface area contributed by atoms with Gasteiger partial charge in [0.2, 0.25) is 5.95 Å². The second-order valence-electron chi connectivity index (χ2n) is 12.4. The third-order valence-corrected chi connectivity index (χ3v) is 9.60. The third kappa shape index (κ3) is 4.28. The lowest BCUT2D eigenvalue weighted by Gasteiger charge is -2.19. The van der Waals surface area contributed by atoms with Crippen LogP contribution in [0.15, 0.2) is 170 Å². The Morgan fingerprint density at radius 2 is 0.796 bits per heavy atom. The van der Waals surface area contributed by atoms with Crippen LogP contribution in [0, 0.1) is 0 Å². The smallest absolute Gasteiger partial charge is 0.238 e. The average molecular weight is 625 g/mol. The SMILES string of the molecule is c1ccc(C2=C(c3ccccc3)c3cccc4c3c3c5c2cccc5ccc3n4-c2nc(-c3ccccc3)nc(-c3ccccc3)n2)cc1. The molecule has 0 radical (unpaired) electrons. The molecule has 0 amide bonds. The van der Waals surface area contributed by atoms with Gasteiger partial charge in [0.05, 0.1) is 11.0 Å². The van der Waals surface area contributed by atoms with Gasteiger partial charge < -0.3 is 0 Å². The topological polar surface area (TPSA) is 43.6 Å². The Balaban J connectivity index is 1.37. The summed E-state index contributed by atoms with van der Waals surface area (Å²) in [6.07, 6.45) is 0. The highest BCUT2D eigenvalue weighted by Crippen LogP contribution is 2.49. The van der Waals surface area contributed by atoms with Crippen molar-refractivity contribution < 1.29 is 0 Å². The molecule has 0 fully saturated rings. The van der Waals surface area contributed by atoms with Crippen molar-refractivity contribution in [3.05, 3.63) is 192 Å². The zero-order valence-corrected chi connectivity index (χ0v) is 26.5. The minimum Gasteiger partial charge on any atom is -0.278 e. The molecule has 0 spiro atoms. The zero-order valence-electron chi connectivity index (χ0n) is 26.5. The molecule has 0 atom stereocenters. The van der Waals surface area contributed by atoms with Crippen LogP contribution in [0.2, 0.25) is 0 Å². The summed E-state index contributed by atoms with van der Waals surface area (Å²) in [4.78, 5) is 15.4. The van der Waals surface area contributed by atoms with E-state index in [2.05, 4.69) is 138 Å². The van der Waals surface area contributed by atoms with Crippen molar-refractivity contribution in [1.82, 2.24) is 19.5 Å². The van der Waals surface area contributed by atoms with Gasteiger partial charge in [0.25, 0.3) is 0 Å². The van der Waals surface area contributed by atoms with Crippen molar-refractivity contribution in [2.45, 2.75) is 0 Å². The first kappa shape index (κ1) is 27.5. The van der Waals surface area contributed by atoms with Crippen molar-refractivity contribution in [3.63, 3.8) is 0 Å². The molecule has 0 saturated heterocycles. The summed E-state index contributed by atoms with van der Waals surface area (Å²) >= 11 is 0. The lowest BCUT2D eigenvalue weighted by atomic mass is 9.85. The maximum Gasteiger partial charge on any atom is 0.238 e. The van der Waals surface area contributed by atoms with Gasteiger partial charge in [-0.1, -0.05) is 158 Å². The Morgan fingerprint density at radius 1 is 0.327 bits per heavy atom. The van der Waals surface area contributed by atoms with Crippen LogP contribution in [0.3, 0.4) is 0 Å². The quantitative estimate of drug-likeness (QED) is 0.191. The van der Waals surface area contributed by atoms with Gasteiger partial charge in [-0.05, 0) is 56.3 Å². The first-order valence-corrected chi connectivity index (χ1v) is 16.6. The molecular weight excluding hydrogens is 597 g/mol. The molecule has 7 aromatic carbocycles. The van der Waals surface area contributed by atoms with Crippen molar-refractivity contribution in [2.24, 2.45) is 0 Å². The Hall–Kier alpha value is -6.65. The summed E-state index contributed by atoms with van der Waals surface area (Å²) in [6, 6.07) is 59.8. The van der Waals surface area contributed by atoms with E-state index in [0.29, 0.717) is 17.6 Å². The van der Waals surface area contributed by atoms with Crippen LogP contribution in [0.25, 0.3) is 72.4 Å². The van der Waals surface area contributed by atoms with Crippen molar-refractivity contribution in [3.8, 4) is 28.7 Å². The maximum atomic E-state index is 5.19. The van der Waals surface area contributed by atoms with E-state index in [0.717, 1.165) is 22.2 Å². The van der Waals surface area contributed by atoms with Gasteiger partial charge in [0.1, 0.15) is 0 Å². The molecule has 4 heteroatoms. The predicted molar refractivity (Wildman–Crippen MR) is 200 cm³/mol. The molecule has 4 nitrogen and oxygen atoms in total. The fraction of sp³-hybridized carbons (Fsp3) is 0. The standard InChI is InChI=1S/C45H28N4/c1-5-15-29(16-6-1)38-34-24-13-23-31-27-28-37-42(40(31)34)41-35(39(38)30-17-7-2-8-18-30)25-14-26-36(41)49(37)45-47-43(32-19-9-3-10-20-32)46-44(48-45)33-21-11-4-12-22-33/h1-28H. The summed E-state index contributed by atoms with van der Waals surface area (Å²) in [5.41, 5.74) is 11.2. The summed E-state index contributed by atoms with van der Waals surface area (Å²) in [5, 5.41) is 4.85. The number of nitrogens with zero attached hydrogens (tertiary/aromatic N) is 4. The van der Waals surface area contributed by atoms with Gasteiger partial charge in [-0.3, -0.25) is 4.57 Å². The van der Waals surface area contributed by atoms with Gasteiger partial charge in [-0.25, -0.2) is 4.98 Å². The van der Waals surface area contributed by atoms with E-state index in [-0.39, 0.29) is 0 Å². The first-order chi connectivity index (χ1) is 24.3. The van der Waals surface area contributed by atoms with Crippen LogP contribution in [-0.2, 0) is 0 Å².